The molecule has 110 valence electrons. The lowest BCUT2D eigenvalue weighted by Gasteiger charge is -2.25. The highest BCUT2D eigenvalue weighted by Gasteiger charge is 2.27. The third-order valence-corrected chi connectivity index (χ3v) is 2.95. The van der Waals surface area contributed by atoms with Gasteiger partial charge in [-0.15, -0.1) is 6.58 Å². The number of carbonyl (C=O) groups is 2. The molecule has 0 fully saturated rings. The first-order valence-electron chi connectivity index (χ1n) is 6.64. The van der Waals surface area contributed by atoms with Crippen LogP contribution in [-0.2, 0) is 9.53 Å². The molecule has 1 aromatic heterocycles. The SMILES string of the molecule is C=CCCCOC(=O)[C@H](CC)N(C)C(=O)n1ccnc1. The van der Waals surface area contributed by atoms with Crippen LogP contribution in [0.1, 0.15) is 26.2 Å². The van der Waals surface area contributed by atoms with Crippen molar-refractivity contribution in [3.05, 3.63) is 31.4 Å². The molecule has 0 saturated carbocycles. The van der Waals surface area contributed by atoms with Gasteiger partial charge in [0.1, 0.15) is 12.4 Å². The predicted molar refractivity (Wildman–Crippen MR) is 75.3 cm³/mol. The van der Waals surface area contributed by atoms with Crippen LogP contribution in [0.4, 0.5) is 4.79 Å². The molecule has 6 heteroatoms. The molecule has 1 amide bonds. The zero-order valence-electron chi connectivity index (χ0n) is 12.0. The third kappa shape index (κ3) is 4.22. The van der Waals surface area contributed by atoms with Gasteiger partial charge in [-0.2, -0.15) is 0 Å². The van der Waals surface area contributed by atoms with Gasteiger partial charge >= 0.3 is 12.0 Å². The van der Waals surface area contributed by atoms with Gasteiger partial charge in [-0.1, -0.05) is 13.0 Å². The highest BCUT2D eigenvalue weighted by atomic mass is 16.5. The lowest BCUT2D eigenvalue weighted by Crippen LogP contribution is -2.44. The number of imidazole rings is 1. The number of likely N-dealkylation sites (N-methyl/N-ethyl adjacent to an activating group) is 1. The summed E-state index contributed by atoms with van der Waals surface area (Å²) in [6.45, 7) is 5.79. The van der Waals surface area contributed by atoms with Crippen LogP contribution in [0.15, 0.2) is 31.4 Å². The van der Waals surface area contributed by atoms with Gasteiger partial charge in [0.25, 0.3) is 0 Å². The molecule has 1 atom stereocenters. The van der Waals surface area contributed by atoms with Crippen LogP contribution in [0.25, 0.3) is 0 Å². The highest BCUT2D eigenvalue weighted by molar-refractivity contribution is 5.84. The molecular weight excluding hydrogens is 258 g/mol. The summed E-state index contributed by atoms with van der Waals surface area (Å²) in [6, 6.07) is -0.897. The Balaban J connectivity index is 2.57. The molecular formula is C14H21N3O3. The van der Waals surface area contributed by atoms with Crippen molar-refractivity contribution in [1.82, 2.24) is 14.5 Å². The summed E-state index contributed by atoms with van der Waals surface area (Å²) in [4.78, 5) is 29.3. The lowest BCUT2D eigenvalue weighted by atomic mass is 10.2. The van der Waals surface area contributed by atoms with E-state index in [9.17, 15) is 9.59 Å². The van der Waals surface area contributed by atoms with E-state index in [0.29, 0.717) is 13.0 Å². The van der Waals surface area contributed by atoms with Gasteiger partial charge in [0, 0.05) is 19.4 Å². The summed E-state index contributed by atoms with van der Waals surface area (Å²) >= 11 is 0. The van der Waals surface area contributed by atoms with Crippen molar-refractivity contribution in [2.75, 3.05) is 13.7 Å². The third-order valence-electron chi connectivity index (χ3n) is 2.95. The van der Waals surface area contributed by atoms with E-state index in [0.717, 1.165) is 12.8 Å². The Morgan fingerprint density at radius 2 is 2.30 bits per heavy atom. The molecule has 1 heterocycles. The Hall–Kier alpha value is -2.11. The summed E-state index contributed by atoms with van der Waals surface area (Å²) in [7, 11) is 1.58. The van der Waals surface area contributed by atoms with E-state index in [1.807, 2.05) is 6.92 Å². The molecule has 0 aliphatic rings. The Labute approximate surface area is 119 Å². The molecule has 0 N–H and O–H groups in total. The second-order valence-corrected chi connectivity index (χ2v) is 4.39. The largest absolute Gasteiger partial charge is 0.464 e. The summed E-state index contributed by atoms with van der Waals surface area (Å²) < 4.78 is 6.51. The number of esters is 1. The van der Waals surface area contributed by atoms with E-state index in [-0.39, 0.29) is 12.0 Å². The average Bonchev–Trinajstić information content (AvgIpc) is 2.97. The number of amides is 1. The normalized spacial score (nSPS) is 11.7. The molecule has 0 bridgehead atoms. The fourth-order valence-electron chi connectivity index (χ4n) is 1.78. The zero-order chi connectivity index (χ0) is 15.0. The Bertz CT molecular complexity index is 443. The molecule has 1 aromatic rings. The van der Waals surface area contributed by atoms with Crippen molar-refractivity contribution in [3.8, 4) is 0 Å². The van der Waals surface area contributed by atoms with Crippen LogP contribution < -0.4 is 0 Å². The van der Waals surface area contributed by atoms with Gasteiger partial charge in [-0.3, -0.25) is 4.57 Å². The second kappa shape index (κ2) is 8.14. The maximum Gasteiger partial charge on any atom is 0.329 e. The first-order chi connectivity index (χ1) is 9.61. The molecule has 0 saturated heterocycles. The van der Waals surface area contributed by atoms with Crippen molar-refractivity contribution in [2.24, 2.45) is 0 Å². The molecule has 0 unspecified atom stereocenters. The van der Waals surface area contributed by atoms with Crippen molar-refractivity contribution < 1.29 is 14.3 Å². The molecule has 0 aromatic carbocycles. The molecule has 0 radical (unpaired) electrons. The smallest absolute Gasteiger partial charge is 0.329 e. The van der Waals surface area contributed by atoms with E-state index >= 15 is 0 Å². The van der Waals surface area contributed by atoms with Gasteiger partial charge in [0.2, 0.25) is 0 Å². The monoisotopic (exact) mass is 279 g/mol. The topological polar surface area (TPSA) is 64.4 Å². The number of rotatable bonds is 7. The van der Waals surface area contributed by atoms with Crippen molar-refractivity contribution in [1.29, 1.82) is 0 Å². The molecule has 20 heavy (non-hydrogen) atoms. The van der Waals surface area contributed by atoms with Crippen LogP contribution in [-0.4, -0.2) is 46.1 Å². The summed E-state index contributed by atoms with van der Waals surface area (Å²) in [5, 5.41) is 0. The van der Waals surface area contributed by atoms with Gasteiger partial charge in [0.05, 0.1) is 6.61 Å². The Kier molecular flexibility index (Phi) is 6.49. The standard InChI is InChI=1S/C14H21N3O3/c1-4-6-7-10-20-13(18)12(5-2)16(3)14(19)17-9-8-15-11-17/h4,8-9,11-12H,1,5-7,10H2,2-3H3/t12-/m0/s1. The number of unbranched alkanes of at least 4 members (excludes halogenated alkanes) is 1. The number of carbonyl (C=O) groups excluding carboxylic acids is 2. The summed E-state index contributed by atoms with van der Waals surface area (Å²) in [5.41, 5.74) is 0. The van der Waals surface area contributed by atoms with Crippen LogP contribution in [0.5, 0.6) is 0 Å². The first kappa shape index (κ1) is 15.9. The van der Waals surface area contributed by atoms with Crippen LogP contribution >= 0.6 is 0 Å². The van der Waals surface area contributed by atoms with Crippen LogP contribution in [0.2, 0.25) is 0 Å². The second-order valence-electron chi connectivity index (χ2n) is 4.39. The van der Waals surface area contributed by atoms with Crippen molar-refractivity contribution >= 4 is 12.0 Å². The van der Waals surface area contributed by atoms with Gasteiger partial charge < -0.3 is 9.64 Å². The summed E-state index contributed by atoms with van der Waals surface area (Å²) in [5.74, 6) is -0.382. The fraction of sp³-hybridized carbons (Fsp3) is 0.500. The molecule has 6 nitrogen and oxygen atoms in total. The minimum absolute atomic E-state index is 0.308. The van der Waals surface area contributed by atoms with E-state index in [2.05, 4.69) is 11.6 Å². The quantitative estimate of drug-likeness (QED) is 0.435. The molecule has 0 aliphatic carbocycles. The van der Waals surface area contributed by atoms with Gasteiger partial charge in [0.15, 0.2) is 0 Å². The minimum atomic E-state index is -0.589. The number of hydrogen-bond donors (Lipinski definition) is 0. The predicted octanol–water partition coefficient (Wildman–Crippen LogP) is 2.07. The number of allylic oxidation sites excluding steroid dienone is 1. The van der Waals surface area contributed by atoms with E-state index in [1.54, 1.807) is 19.3 Å². The molecule has 1 rings (SSSR count). The number of ether oxygens (including phenoxy) is 1. The van der Waals surface area contributed by atoms with Crippen molar-refractivity contribution in [3.63, 3.8) is 0 Å². The van der Waals surface area contributed by atoms with E-state index < -0.39 is 6.04 Å². The van der Waals surface area contributed by atoms with E-state index in [4.69, 9.17) is 4.74 Å². The minimum Gasteiger partial charge on any atom is -0.464 e. The molecule has 0 aliphatic heterocycles. The van der Waals surface area contributed by atoms with E-state index in [1.165, 1.54) is 22.0 Å². The summed E-state index contributed by atoms with van der Waals surface area (Å²) in [6.07, 6.45) is 8.28. The number of hydrogen-bond acceptors (Lipinski definition) is 4. The number of nitrogens with zero attached hydrogens (tertiary/aromatic N) is 3. The molecule has 0 spiro atoms. The highest BCUT2D eigenvalue weighted by Crippen LogP contribution is 2.07. The Morgan fingerprint density at radius 1 is 1.55 bits per heavy atom. The zero-order valence-corrected chi connectivity index (χ0v) is 12.0. The van der Waals surface area contributed by atoms with Crippen molar-refractivity contribution in [2.45, 2.75) is 32.2 Å². The average molecular weight is 279 g/mol. The fourth-order valence-corrected chi connectivity index (χ4v) is 1.78. The Morgan fingerprint density at radius 3 is 2.85 bits per heavy atom. The van der Waals surface area contributed by atoms with Crippen LogP contribution in [0, 0.1) is 0 Å². The van der Waals surface area contributed by atoms with Gasteiger partial charge in [-0.25, -0.2) is 14.6 Å². The maximum absolute atomic E-state index is 12.1. The first-order valence-corrected chi connectivity index (χ1v) is 6.64. The van der Waals surface area contributed by atoms with Crippen LogP contribution in [0.3, 0.4) is 0 Å². The lowest BCUT2D eigenvalue weighted by molar-refractivity contribution is -0.148. The number of aromatic nitrogens is 2. The maximum atomic E-state index is 12.1. The van der Waals surface area contributed by atoms with Gasteiger partial charge in [-0.05, 0) is 19.3 Å².